The smallest absolute Gasteiger partial charge is 0.138 e. The van der Waals surface area contributed by atoms with Crippen LogP contribution in [0.5, 0.6) is 5.75 Å². The molecule has 0 radical (unpaired) electrons. The second kappa shape index (κ2) is 10.3. The molecule has 8 heteroatoms. The zero-order valence-electron chi connectivity index (χ0n) is 20.3. The van der Waals surface area contributed by atoms with E-state index in [0.717, 1.165) is 65.6 Å². The highest BCUT2D eigenvalue weighted by atomic mass is 32.1. The average Bonchev–Trinajstić information content (AvgIpc) is 3.28. The summed E-state index contributed by atoms with van der Waals surface area (Å²) in [5, 5.41) is 6.88. The fraction of sp³-hybridized carbons (Fsp3) is 0.520. The molecule has 1 aromatic carbocycles. The lowest BCUT2D eigenvalue weighted by molar-refractivity contribution is -0.00668. The van der Waals surface area contributed by atoms with Crippen molar-refractivity contribution in [3.05, 3.63) is 36.0 Å². The summed E-state index contributed by atoms with van der Waals surface area (Å²) in [6.07, 6.45) is 1.65. The molecule has 0 spiro atoms. The van der Waals surface area contributed by atoms with Gasteiger partial charge in [0.25, 0.3) is 0 Å². The average molecular weight is 470 g/mol. The van der Waals surface area contributed by atoms with Gasteiger partial charge in [-0.3, -0.25) is 9.80 Å². The number of nitrogens with zero attached hydrogens (tertiary/aromatic N) is 4. The number of rotatable bonds is 9. The predicted molar refractivity (Wildman–Crippen MR) is 136 cm³/mol. The second-order valence-corrected chi connectivity index (χ2v) is 10.0. The number of fused-ring (bicyclic) bond motifs is 1. The summed E-state index contributed by atoms with van der Waals surface area (Å²) in [4.78, 5) is 15.2. The molecule has 7 nitrogen and oxygen atoms in total. The van der Waals surface area contributed by atoms with E-state index in [1.807, 2.05) is 12.1 Å². The molecular formula is C25H35N5O2S. The van der Waals surface area contributed by atoms with Crippen molar-refractivity contribution in [1.29, 1.82) is 0 Å². The van der Waals surface area contributed by atoms with Crippen molar-refractivity contribution in [3.8, 4) is 16.9 Å². The van der Waals surface area contributed by atoms with Gasteiger partial charge in [-0.05, 0) is 38.5 Å². The van der Waals surface area contributed by atoms with Crippen molar-refractivity contribution in [2.45, 2.75) is 32.4 Å². The third-order valence-corrected chi connectivity index (χ3v) is 7.56. The maximum atomic E-state index is 5.67. The van der Waals surface area contributed by atoms with Gasteiger partial charge in [0, 0.05) is 56.8 Å². The molecule has 2 aromatic heterocycles. The fourth-order valence-electron chi connectivity index (χ4n) is 4.61. The standard InChI is InChI=1S/C25H35N5O2S/c1-18(2)29-10-12-30(13-11-29)25(3,16-31-4)15-26-23-22-21(14-33-24(22)28-17-27-23)19-6-8-20(32-5)9-7-19/h6-9,14,17-18H,10-13,15-16H2,1-5H3,(H,26,27,28). The van der Waals surface area contributed by atoms with Crippen LogP contribution in [0.2, 0.25) is 0 Å². The molecular weight excluding hydrogens is 434 g/mol. The third kappa shape index (κ3) is 5.14. The lowest BCUT2D eigenvalue weighted by atomic mass is 9.99. The van der Waals surface area contributed by atoms with Crippen LogP contribution in [0.25, 0.3) is 21.3 Å². The first-order valence-electron chi connectivity index (χ1n) is 11.5. The maximum Gasteiger partial charge on any atom is 0.138 e. The van der Waals surface area contributed by atoms with Crippen LogP contribution in [0.4, 0.5) is 5.82 Å². The van der Waals surface area contributed by atoms with Gasteiger partial charge in [-0.25, -0.2) is 9.97 Å². The van der Waals surface area contributed by atoms with E-state index < -0.39 is 0 Å². The van der Waals surface area contributed by atoms with Crippen LogP contribution >= 0.6 is 11.3 Å². The van der Waals surface area contributed by atoms with Crippen LogP contribution in [0, 0.1) is 0 Å². The van der Waals surface area contributed by atoms with E-state index in [1.54, 1.807) is 31.9 Å². The molecule has 0 bridgehead atoms. The number of nitrogens with one attached hydrogen (secondary N) is 1. The minimum absolute atomic E-state index is 0.134. The fourth-order valence-corrected chi connectivity index (χ4v) is 5.53. The van der Waals surface area contributed by atoms with Gasteiger partial charge in [-0.15, -0.1) is 11.3 Å². The number of aromatic nitrogens is 2. The molecule has 1 saturated heterocycles. The summed E-state index contributed by atoms with van der Waals surface area (Å²) >= 11 is 1.64. The normalized spacial score (nSPS) is 17.4. The Hall–Kier alpha value is -2.26. The Bertz CT molecular complexity index is 1050. The summed E-state index contributed by atoms with van der Waals surface area (Å²) in [6.45, 7) is 12.5. The lowest BCUT2D eigenvalue weighted by Crippen LogP contribution is -2.61. The molecule has 0 saturated carbocycles. The van der Waals surface area contributed by atoms with Gasteiger partial charge in [0.05, 0.1) is 24.6 Å². The van der Waals surface area contributed by atoms with Gasteiger partial charge < -0.3 is 14.8 Å². The van der Waals surface area contributed by atoms with Crippen molar-refractivity contribution in [2.75, 3.05) is 58.9 Å². The molecule has 1 atom stereocenters. The van der Waals surface area contributed by atoms with E-state index in [0.29, 0.717) is 12.6 Å². The zero-order valence-corrected chi connectivity index (χ0v) is 21.1. The van der Waals surface area contributed by atoms with Crippen LogP contribution in [0.15, 0.2) is 36.0 Å². The van der Waals surface area contributed by atoms with Crippen LogP contribution in [0.3, 0.4) is 0 Å². The summed E-state index contributed by atoms with van der Waals surface area (Å²) in [5.41, 5.74) is 2.13. The van der Waals surface area contributed by atoms with Crippen molar-refractivity contribution < 1.29 is 9.47 Å². The molecule has 3 heterocycles. The topological polar surface area (TPSA) is 62.8 Å². The summed E-state index contributed by atoms with van der Waals surface area (Å²) in [7, 11) is 3.47. The van der Waals surface area contributed by atoms with Crippen molar-refractivity contribution >= 4 is 27.4 Å². The van der Waals surface area contributed by atoms with Gasteiger partial charge in [-0.1, -0.05) is 12.1 Å². The predicted octanol–water partition coefficient (Wildman–Crippen LogP) is 4.21. The van der Waals surface area contributed by atoms with E-state index in [9.17, 15) is 0 Å². The first kappa shape index (κ1) is 23.9. The van der Waals surface area contributed by atoms with E-state index >= 15 is 0 Å². The van der Waals surface area contributed by atoms with E-state index in [1.165, 1.54) is 0 Å². The largest absolute Gasteiger partial charge is 0.497 e. The number of anilines is 1. The minimum Gasteiger partial charge on any atom is -0.497 e. The van der Waals surface area contributed by atoms with Gasteiger partial charge in [0.2, 0.25) is 0 Å². The minimum atomic E-state index is -0.134. The zero-order chi connectivity index (χ0) is 23.4. The Kier molecular flexibility index (Phi) is 7.48. The van der Waals surface area contributed by atoms with Crippen LogP contribution in [-0.4, -0.2) is 84.9 Å². The lowest BCUT2D eigenvalue weighted by Gasteiger charge is -2.46. The molecule has 33 heavy (non-hydrogen) atoms. The highest BCUT2D eigenvalue weighted by molar-refractivity contribution is 7.17. The highest BCUT2D eigenvalue weighted by Gasteiger charge is 2.35. The molecule has 1 N–H and O–H groups in total. The number of hydrogen-bond acceptors (Lipinski definition) is 8. The molecule has 1 aliphatic rings. The molecule has 178 valence electrons. The summed E-state index contributed by atoms with van der Waals surface area (Å²) in [5.74, 6) is 1.72. The summed E-state index contributed by atoms with van der Waals surface area (Å²) in [6, 6.07) is 8.73. The van der Waals surface area contributed by atoms with Crippen LogP contribution in [0.1, 0.15) is 20.8 Å². The Balaban J connectivity index is 1.57. The van der Waals surface area contributed by atoms with E-state index in [4.69, 9.17) is 9.47 Å². The third-order valence-electron chi connectivity index (χ3n) is 6.67. The number of benzene rings is 1. The number of ether oxygens (including phenoxy) is 2. The van der Waals surface area contributed by atoms with Gasteiger partial charge in [0.15, 0.2) is 0 Å². The molecule has 0 amide bonds. The SMILES string of the molecule is COCC(C)(CNc1ncnc2scc(-c3ccc(OC)cc3)c12)N1CCN(C(C)C)CC1. The number of hydrogen-bond donors (Lipinski definition) is 1. The van der Waals surface area contributed by atoms with Gasteiger partial charge >= 0.3 is 0 Å². The van der Waals surface area contributed by atoms with Gasteiger partial charge in [0.1, 0.15) is 22.7 Å². The van der Waals surface area contributed by atoms with E-state index in [-0.39, 0.29) is 5.54 Å². The number of methoxy groups -OCH3 is 2. The maximum absolute atomic E-state index is 5.67. The Morgan fingerprint density at radius 1 is 1.09 bits per heavy atom. The second-order valence-electron chi connectivity index (χ2n) is 9.18. The number of thiophene rings is 1. The van der Waals surface area contributed by atoms with Crippen molar-refractivity contribution in [3.63, 3.8) is 0 Å². The molecule has 3 aromatic rings. The summed E-state index contributed by atoms with van der Waals surface area (Å²) < 4.78 is 11.0. The van der Waals surface area contributed by atoms with Crippen molar-refractivity contribution in [2.24, 2.45) is 0 Å². The molecule has 1 unspecified atom stereocenters. The van der Waals surface area contributed by atoms with Crippen LogP contribution in [-0.2, 0) is 4.74 Å². The Morgan fingerprint density at radius 2 is 1.82 bits per heavy atom. The van der Waals surface area contributed by atoms with Crippen LogP contribution < -0.4 is 10.1 Å². The molecule has 1 aliphatic heterocycles. The Morgan fingerprint density at radius 3 is 2.45 bits per heavy atom. The monoisotopic (exact) mass is 469 g/mol. The highest BCUT2D eigenvalue weighted by Crippen LogP contribution is 2.37. The van der Waals surface area contributed by atoms with E-state index in [2.05, 4.69) is 63.4 Å². The quantitative estimate of drug-likeness (QED) is 0.504. The molecule has 1 fully saturated rings. The first-order valence-corrected chi connectivity index (χ1v) is 12.4. The van der Waals surface area contributed by atoms with Crippen molar-refractivity contribution in [1.82, 2.24) is 19.8 Å². The molecule has 0 aliphatic carbocycles. The Labute approximate surface area is 200 Å². The first-order chi connectivity index (χ1) is 15.9. The number of piperazine rings is 1. The van der Waals surface area contributed by atoms with Gasteiger partial charge in [-0.2, -0.15) is 0 Å². The molecule has 4 rings (SSSR count).